The minimum Gasteiger partial charge on any atom is -0.352 e. The molecule has 0 aromatic carbocycles. The summed E-state index contributed by atoms with van der Waals surface area (Å²) in [6, 6.07) is 0.240. The summed E-state index contributed by atoms with van der Waals surface area (Å²) in [5, 5.41) is 6.06. The summed E-state index contributed by atoms with van der Waals surface area (Å²) in [5.74, 6) is 0.808. The third kappa shape index (κ3) is 3.82. The molecule has 1 saturated carbocycles. The van der Waals surface area contributed by atoms with Crippen molar-refractivity contribution >= 4 is 5.91 Å². The van der Waals surface area contributed by atoms with Crippen molar-refractivity contribution in [3.05, 3.63) is 0 Å². The Kier molecular flexibility index (Phi) is 5.09. The molecule has 1 unspecified atom stereocenters. The molecule has 1 aliphatic rings. The van der Waals surface area contributed by atoms with Crippen molar-refractivity contribution in [2.45, 2.75) is 58.0 Å². The van der Waals surface area contributed by atoms with Crippen molar-refractivity contribution < 1.29 is 4.79 Å². The van der Waals surface area contributed by atoms with E-state index in [1.165, 1.54) is 32.1 Å². The molecule has 1 amide bonds. The minimum absolute atomic E-state index is 0.0870. The van der Waals surface area contributed by atoms with Gasteiger partial charge in [0.15, 0.2) is 0 Å². The lowest BCUT2D eigenvalue weighted by Crippen LogP contribution is -2.46. The first-order valence-electron chi connectivity index (χ1n) is 6.12. The van der Waals surface area contributed by atoms with Gasteiger partial charge in [0.2, 0.25) is 5.91 Å². The maximum absolute atomic E-state index is 11.7. The number of hydrogen-bond acceptors (Lipinski definition) is 2. The van der Waals surface area contributed by atoms with E-state index in [1.807, 2.05) is 14.0 Å². The lowest BCUT2D eigenvalue weighted by atomic mass is 9.84. The van der Waals surface area contributed by atoms with Gasteiger partial charge in [-0.25, -0.2) is 0 Å². The van der Waals surface area contributed by atoms with Crippen molar-refractivity contribution in [1.82, 2.24) is 10.6 Å². The molecule has 0 spiro atoms. The molecule has 0 aliphatic heterocycles. The third-order valence-electron chi connectivity index (χ3n) is 3.55. The van der Waals surface area contributed by atoms with Gasteiger partial charge in [0, 0.05) is 6.04 Å². The summed E-state index contributed by atoms with van der Waals surface area (Å²) in [7, 11) is 1.82. The summed E-state index contributed by atoms with van der Waals surface area (Å²) in [5.41, 5.74) is 0. The smallest absolute Gasteiger partial charge is 0.237 e. The van der Waals surface area contributed by atoms with E-state index < -0.39 is 0 Å². The highest BCUT2D eigenvalue weighted by Gasteiger charge is 2.22. The molecule has 1 rings (SSSR count). The normalized spacial score (nSPS) is 22.1. The predicted molar refractivity (Wildman–Crippen MR) is 62.7 cm³/mol. The zero-order valence-corrected chi connectivity index (χ0v) is 10.2. The topological polar surface area (TPSA) is 41.1 Å². The molecule has 2 atom stereocenters. The minimum atomic E-state index is -0.0870. The highest BCUT2D eigenvalue weighted by Crippen LogP contribution is 2.26. The zero-order chi connectivity index (χ0) is 11.3. The third-order valence-corrected chi connectivity index (χ3v) is 3.55. The molecule has 0 aromatic heterocycles. The molecule has 0 bridgehead atoms. The van der Waals surface area contributed by atoms with Gasteiger partial charge >= 0.3 is 0 Å². The van der Waals surface area contributed by atoms with Crippen LogP contribution in [-0.2, 0) is 4.79 Å². The second kappa shape index (κ2) is 6.11. The van der Waals surface area contributed by atoms with Gasteiger partial charge in [0.1, 0.15) is 0 Å². The first-order valence-corrected chi connectivity index (χ1v) is 6.12. The molecule has 0 heterocycles. The van der Waals surface area contributed by atoms with E-state index in [9.17, 15) is 4.79 Å². The number of likely N-dealkylation sites (N-methyl/N-ethyl adjacent to an activating group) is 1. The van der Waals surface area contributed by atoms with Crippen LogP contribution >= 0.6 is 0 Å². The van der Waals surface area contributed by atoms with Gasteiger partial charge in [0.05, 0.1) is 6.04 Å². The summed E-state index contributed by atoms with van der Waals surface area (Å²) in [6.07, 6.45) is 6.56. The van der Waals surface area contributed by atoms with Crippen LogP contribution in [0.1, 0.15) is 46.0 Å². The highest BCUT2D eigenvalue weighted by atomic mass is 16.2. The van der Waals surface area contributed by atoms with Gasteiger partial charge < -0.3 is 10.6 Å². The molecule has 1 aliphatic carbocycles. The zero-order valence-electron chi connectivity index (χ0n) is 10.2. The molecule has 88 valence electrons. The summed E-state index contributed by atoms with van der Waals surface area (Å²) in [4.78, 5) is 11.7. The quantitative estimate of drug-likeness (QED) is 0.744. The summed E-state index contributed by atoms with van der Waals surface area (Å²) < 4.78 is 0. The highest BCUT2D eigenvalue weighted by molar-refractivity contribution is 5.81. The monoisotopic (exact) mass is 212 g/mol. The van der Waals surface area contributed by atoms with Crippen molar-refractivity contribution in [2.24, 2.45) is 5.92 Å². The van der Waals surface area contributed by atoms with Gasteiger partial charge in [-0.05, 0) is 39.7 Å². The molecular formula is C12H24N2O. The Morgan fingerprint density at radius 1 is 1.20 bits per heavy atom. The predicted octanol–water partition coefficient (Wildman–Crippen LogP) is 1.68. The molecule has 2 N–H and O–H groups in total. The Labute approximate surface area is 93.0 Å². The van der Waals surface area contributed by atoms with E-state index in [4.69, 9.17) is 0 Å². The van der Waals surface area contributed by atoms with E-state index in [0.29, 0.717) is 12.0 Å². The van der Waals surface area contributed by atoms with Crippen LogP contribution in [0.3, 0.4) is 0 Å². The molecule has 1 fully saturated rings. The number of carbonyl (C=O) groups is 1. The Bertz CT molecular complexity index is 200. The number of rotatable bonds is 4. The van der Waals surface area contributed by atoms with E-state index in [1.54, 1.807) is 0 Å². The van der Waals surface area contributed by atoms with Crippen LogP contribution in [0.15, 0.2) is 0 Å². The molecular weight excluding hydrogens is 188 g/mol. The van der Waals surface area contributed by atoms with Crippen LogP contribution < -0.4 is 10.6 Å². The van der Waals surface area contributed by atoms with Gasteiger partial charge in [-0.1, -0.05) is 19.3 Å². The molecule has 3 nitrogen and oxygen atoms in total. The van der Waals surface area contributed by atoms with E-state index in [-0.39, 0.29) is 11.9 Å². The van der Waals surface area contributed by atoms with Crippen LogP contribution in [0.5, 0.6) is 0 Å². The number of carbonyl (C=O) groups excluding carboxylic acids is 1. The largest absolute Gasteiger partial charge is 0.352 e. The fourth-order valence-electron chi connectivity index (χ4n) is 2.23. The standard InChI is InChI=1S/C12H24N2O/c1-9(11-7-5-4-6-8-11)14-12(15)10(2)13-3/h9-11,13H,4-8H2,1-3H3,(H,14,15)/t9?,10-/m0/s1. The Balaban J connectivity index is 2.33. The van der Waals surface area contributed by atoms with Gasteiger partial charge in [0.25, 0.3) is 0 Å². The van der Waals surface area contributed by atoms with Crippen LogP contribution in [0, 0.1) is 5.92 Å². The maximum atomic E-state index is 11.7. The fourth-order valence-corrected chi connectivity index (χ4v) is 2.23. The summed E-state index contributed by atoms with van der Waals surface area (Å²) >= 11 is 0. The van der Waals surface area contributed by atoms with Gasteiger partial charge in [-0.2, -0.15) is 0 Å². The van der Waals surface area contributed by atoms with E-state index >= 15 is 0 Å². The second-order valence-electron chi connectivity index (χ2n) is 4.71. The van der Waals surface area contributed by atoms with Crippen molar-refractivity contribution in [3.63, 3.8) is 0 Å². The molecule has 0 radical (unpaired) electrons. The van der Waals surface area contributed by atoms with E-state index in [0.717, 1.165) is 0 Å². The van der Waals surface area contributed by atoms with E-state index in [2.05, 4.69) is 17.6 Å². The number of amides is 1. The van der Waals surface area contributed by atoms with Crippen LogP contribution in [-0.4, -0.2) is 25.0 Å². The van der Waals surface area contributed by atoms with Crippen molar-refractivity contribution in [1.29, 1.82) is 0 Å². The van der Waals surface area contributed by atoms with Crippen molar-refractivity contribution in [3.8, 4) is 0 Å². The van der Waals surface area contributed by atoms with Gasteiger partial charge in [-0.15, -0.1) is 0 Å². The first kappa shape index (κ1) is 12.5. The van der Waals surface area contributed by atoms with Crippen LogP contribution in [0.2, 0.25) is 0 Å². The molecule has 0 aromatic rings. The van der Waals surface area contributed by atoms with Crippen LogP contribution in [0.25, 0.3) is 0 Å². The Morgan fingerprint density at radius 3 is 2.33 bits per heavy atom. The Hall–Kier alpha value is -0.570. The molecule has 0 saturated heterocycles. The first-order chi connectivity index (χ1) is 7.15. The molecule has 3 heteroatoms. The fraction of sp³-hybridized carbons (Fsp3) is 0.917. The lowest BCUT2D eigenvalue weighted by molar-refractivity contribution is -0.123. The van der Waals surface area contributed by atoms with Crippen molar-refractivity contribution in [2.75, 3.05) is 7.05 Å². The average molecular weight is 212 g/mol. The Morgan fingerprint density at radius 2 is 1.80 bits per heavy atom. The number of nitrogens with one attached hydrogen (secondary N) is 2. The maximum Gasteiger partial charge on any atom is 0.237 e. The average Bonchev–Trinajstić information content (AvgIpc) is 2.29. The summed E-state index contributed by atoms with van der Waals surface area (Å²) in [6.45, 7) is 4.03. The van der Waals surface area contributed by atoms with Crippen LogP contribution in [0.4, 0.5) is 0 Å². The molecule has 15 heavy (non-hydrogen) atoms. The van der Waals surface area contributed by atoms with Gasteiger partial charge in [-0.3, -0.25) is 4.79 Å². The SMILES string of the molecule is CN[C@@H](C)C(=O)NC(C)C1CCCCC1. The lowest BCUT2D eigenvalue weighted by Gasteiger charge is -2.29. The second-order valence-corrected chi connectivity index (χ2v) is 4.71. The number of hydrogen-bond donors (Lipinski definition) is 2.